The van der Waals surface area contributed by atoms with Crippen molar-refractivity contribution in [1.29, 1.82) is 0 Å². The summed E-state index contributed by atoms with van der Waals surface area (Å²) in [6.45, 7) is 5.27. The van der Waals surface area contributed by atoms with E-state index in [1.54, 1.807) is 6.20 Å². The maximum Gasteiger partial charge on any atom is 0.160 e. The Labute approximate surface area is 200 Å². The molecule has 34 heavy (non-hydrogen) atoms. The zero-order valence-electron chi connectivity index (χ0n) is 19.8. The van der Waals surface area contributed by atoms with Crippen LogP contribution in [-0.4, -0.2) is 27.0 Å². The van der Waals surface area contributed by atoms with Crippen LogP contribution in [0.3, 0.4) is 0 Å². The highest BCUT2D eigenvalue weighted by molar-refractivity contribution is 5.76. The minimum atomic E-state index is -0.334. The molecule has 2 aliphatic rings. The molecule has 0 aromatic carbocycles. The third kappa shape index (κ3) is 4.49. The number of hydrogen-bond acceptors (Lipinski definition) is 4. The van der Waals surface area contributed by atoms with Crippen LogP contribution in [0.25, 0.3) is 16.8 Å². The molecule has 0 radical (unpaired) electrons. The first kappa shape index (κ1) is 22.4. The summed E-state index contributed by atoms with van der Waals surface area (Å²) in [5.74, 6) is 0.481. The van der Waals surface area contributed by atoms with Crippen molar-refractivity contribution in [2.45, 2.75) is 51.5 Å². The third-order valence-electron chi connectivity index (χ3n) is 6.92. The van der Waals surface area contributed by atoms with Gasteiger partial charge in [-0.25, -0.2) is 9.37 Å². The standard InChI is InChI=1S/C28H32FN5/c1-3-4-7-19(2)27-17-33-28-26(13-22(18-34(27)28)21-12-23(29)16-30-14-21)31-11-10-20-15-32-25-9-6-5-8-24(20)25/h5-6,8-9,12-19,24-25,31-32H,3-4,7,10-11H2,1-2H3. The minimum Gasteiger partial charge on any atom is -0.384 e. The van der Waals surface area contributed by atoms with Gasteiger partial charge in [0.05, 0.1) is 17.9 Å². The third-order valence-corrected chi connectivity index (χ3v) is 6.92. The highest BCUT2D eigenvalue weighted by atomic mass is 19.1. The molecule has 0 fully saturated rings. The molecule has 0 saturated carbocycles. The molecule has 6 heteroatoms. The molecule has 3 aromatic heterocycles. The van der Waals surface area contributed by atoms with Crippen LogP contribution in [0.2, 0.25) is 0 Å². The average molecular weight is 458 g/mol. The highest BCUT2D eigenvalue weighted by Gasteiger charge is 2.26. The quantitative estimate of drug-likeness (QED) is 0.400. The topological polar surface area (TPSA) is 54.2 Å². The number of rotatable bonds is 9. The number of imidazole rings is 1. The van der Waals surface area contributed by atoms with Gasteiger partial charge in [0.1, 0.15) is 5.82 Å². The Bertz CT molecular complexity index is 1250. The number of anilines is 1. The monoisotopic (exact) mass is 457 g/mol. The Morgan fingerprint density at radius 3 is 2.88 bits per heavy atom. The molecule has 3 aromatic rings. The highest BCUT2D eigenvalue weighted by Crippen LogP contribution is 2.32. The molecule has 2 N–H and O–H groups in total. The number of hydrogen-bond donors (Lipinski definition) is 2. The van der Waals surface area contributed by atoms with Gasteiger partial charge < -0.3 is 15.0 Å². The van der Waals surface area contributed by atoms with E-state index in [9.17, 15) is 4.39 Å². The molecule has 5 rings (SSSR count). The minimum absolute atomic E-state index is 0.334. The Hall–Kier alpha value is -3.41. The number of allylic oxidation sites excluding steroid dienone is 2. The van der Waals surface area contributed by atoms with Gasteiger partial charge >= 0.3 is 0 Å². The predicted molar refractivity (Wildman–Crippen MR) is 136 cm³/mol. The molecule has 0 amide bonds. The summed E-state index contributed by atoms with van der Waals surface area (Å²) in [6.07, 6.45) is 22.3. The molecule has 176 valence electrons. The van der Waals surface area contributed by atoms with Crippen molar-refractivity contribution in [3.63, 3.8) is 0 Å². The fraction of sp³-hybridized carbons (Fsp3) is 0.357. The van der Waals surface area contributed by atoms with Gasteiger partial charge in [0.2, 0.25) is 0 Å². The van der Waals surface area contributed by atoms with Crippen molar-refractivity contribution < 1.29 is 4.39 Å². The molecule has 3 unspecified atom stereocenters. The second-order valence-electron chi connectivity index (χ2n) is 9.34. The van der Waals surface area contributed by atoms with Gasteiger partial charge in [0.15, 0.2) is 5.65 Å². The number of halogens is 1. The largest absolute Gasteiger partial charge is 0.384 e. The smallest absolute Gasteiger partial charge is 0.160 e. The summed E-state index contributed by atoms with van der Waals surface area (Å²) in [6, 6.07) is 3.97. The fourth-order valence-corrected chi connectivity index (χ4v) is 4.99. The molecule has 5 nitrogen and oxygen atoms in total. The van der Waals surface area contributed by atoms with E-state index in [1.807, 2.05) is 6.20 Å². The SMILES string of the molecule is CCCCC(C)c1cnc2c(NCCC3=CNC4C=CC=CC34)cc(-c3cncc(F)c3)cn12. The molecule has 4 heterocycles. The van der Waals surface area contributed by atoms with Gasteiger partial charge in [-0.15, -0.1) is 0 Å². The van der Waals surface area contributed by atoms with Crippen molar-refractivity contribution in [3.05, 3.63) is 84.5 Å². The van der Waals surface area contributed by atoms with E-state index in [-0.39, 0.29) is 5.82 Å². The van der Waals surface area contributed by atoms with E-state index in [0.29, 0.717) is 17.9 Å². The maximum absolute atomic E-state index is 13.9. The molecule has 1 aliphatic heterocycles. The van der Waals surface area contributed by atoms with Gasteiger partial charge in [0.25, 0.3) is 0 Å². The number of fused-ring (bicyclic) bond motifs is 2. The lowest BCUT2D eigenvalue weighted by Gasteiger charge is -2.19. The second kappa shape index (κ2) is 9.84. The molecule has 0 saturated heterocycles. The van der Waals surface area contributed by atoms with Gasteiger partial charge in [-0.05, 0) is 42.7 Å². The first-order valence-corrected chi connectivity index (χ1v) is 12.3. The van der Waals surface area contributed by atoms with Crippen LogP contribution < -0.4 is 10.6 Å². The molecular weight excluding hydrogens is 425 g/mol. The number of nitrogens with zero attached hydrogens (tertiary/aromatic N) is 3. The Morgan fingerprint density at radius 2 is 2.03 bits per heavy atom. The number of pyridine rings is 2. The van der Waals surface area contributed by atoms with E-state index < -0.39 is 0 Å². The molecular formula is C28H32FN5. The van der Waals surface area contributed by atoms with Crippen molar-refractivity contribution in [2.75, 3.05) is 11.9 Å². The summed E-state index contributed by atoms with van der Waals surface area (Å²) in [7, 11) is 0. The first-order chi connectivity index (χ1) is 16.6. The lowest BCUT2D eigenvalue weighted by molar-refractivity contribution is 0.608. The van der Waals surface area contributed by atoms with Crippen molar-refractivity contribution in [1.82, 2.24) is 19.7 Å². The fourth-order valence-electron chi connectivity index (χ4n) is 4.99. The van der Waals surface area contributed by atoms with Gasteiger partial charge in [-0.2, -0.15) is 0 Å². The van der Waals surface area contributed by atoms with E-state index >= 15 is 0 Å². The Kier molecular flexibility index (Phi) is 6.48. The molecule has 0 bridgehead atoms. The van der Waals surface area contributed by atoms with Crippen LogP contribution in [0.4, 0.5) is 10.1 Å². The number of unbranched alkanes of at least 4 members (excludes halogenated alkanes) is 1. The van der Waals surface area contributed by atoms with Crippen LogP contribution >= 0.6 is 0 Å². The van der Waals surface area contributed by atoms with E-state index in [1.165, 1.54) is 36.4 Å². The lowest BCUT2D eigenvalue weighted by atomic mass is 9.90. The van der Waals surface area contributed by atoms with Crippen LogP contribution in [0, 0.1) is 11.7 Å². The van der Waals surface area contributed by atoms with Gasteiger partial charge in [-0.3, -0.25) is 4.98 Å². The zero-order valence-corrected chi connectivity index (χ0v) is 19.8. The normalized spacial score (nSPS) is 19.7. The van der Waals surface area contributed by atoms with Crippen LogP contribution in [0.1, 0.15) is 51.1 Å². The van der Waals surface area contributed by atoms with Crippen LogP contribution in [0.15, 0.2) is 73.0 Å². The zero-order chi connectivity index (χ0) is 23.5. The van der Waals surface area contributed by atoms with E-state index in [0.717, 1.165) is 41.8 Å². The van der Waals surface area contributed by atoms with Crippen LogP contribution in [-0.2, 0) is 0 Å². The first-order valence-electron chi connectivity index (χ1n) is 12.3. The summed E-state index contributed by atoms with van der Waals surface area (Å²) < 4.78 is 16.1. The summed E-state index contributed by atoms with van der Waals surface area (Å²) in [5, 5.41) is 7.09. The van der Waals surface area contributed by atoms with Gasteiger partial charge in [0, 0.05) is 47.9 Å². The van der Waals surface area contributed by atoms with Crippen LogP contribution in [0.5, 0.6) is 0 Å². The van der Waals surface area contributed by atoms with Gasteiger partial charge in [-0.1, -0.05) is 51.0 Å². The van der Waals surface area contributed by atoms with E-state index in [2.05, 4.69) is 76.6 Å². The molecule has 0 spiro atoms. The Morgan fingerprint density at radius 1 is 1.15 bits per heavy atom. The maximum atomic E-state index is 13.9. The lowest BCUT2D eigenvalue weighted by Crippen LogP contribution is -2.25. The van der Waals surface area contributed by atoms with Crippen molar-refractivity contribution in [3.8, 4) is 11.1 Å². The summed E-state index contributed by atoms with van der Waals surface area (Å²) in [4.78, 5) is 8.84. The second-order valence-corrected chi connectivity index (χ2v) is 9.34. The summed E-state index contributed by atoms with van der Waals surface area (Å²) in [5.41, 5.74) is 6.13. The van der Waals surface area contributed by atoms with E-state index in [4.69, 9.17) is 4.98 Å². The molecule has 1 aliphatic carbocycles. The van der Waals surface area contributed by atoms with Crippen molar-refractivity contribution >= 4 is 11.3 Å². The number of nitrogens with one attached hydrogen (secondary N) is 2. The van der Waals surface area contributed by atoms with Crippen molar-refractivity contribution in [2.24, 2.45) is 5.92 Å². The molecule has 3 atom stereocenters. The number of aromatic nitrogens is 3. The summed E-state index contributed by atoms with van der Waals surface area (Å²) >= 11 is 0. The Balaban J connectivity index is 1.43. The predicted octanol–water partition coefficient (Wildman–Crippen LogP) is 6.23. The average Bonchev–Trinajstić information content (AvgIpc) is 3.47.